The minimum atomic E-state index is 0.774. The first-order chi connectivity index (χ1) is 9.28. The highest BCUT2D eigenvalue weighted by atomic mass is 14.9. The molecule has 0 aromatic heterocycles. The summed E-state index contributed by atoms with van der Waals surface area (Å²) in [4.78, 5) is 0. The molecule has 0 radical (unpaired) electrons. The molecule has 106 valence electrons. The van der Waals surface area contributed by atoms with E-state index in [2.05, 4.69) is 48.7 Å². The van der Waals surface area contributed by atoms with Gasteiger partial charge in [0, 0.05) is 13.1 Å². The van der Waals surface area contributed by atoms with Gasteiger partial charge in [0.2, 0.25) is 0 Å². The van der Waals surface area contributed by atoms with E-state index in [-0.39, 0.29) is 0 Å². The SMILES string of the molecule is CCC1CCC(C)CNCc2ccc(cc2)CNC1. The number of nitrogens with one attached hydrogen (secondary N) is 2. The molecule has 2 unspecified atom stereocenters. The molecule has 2 heteroatoms. The number of hydrogen-bond acceptors (Lipinski definition) is 2. The first-order valence-corrected chi connectivity index (χ1v) is 7.77. The van der Waals surface area contributed by atoms with Gasteiger partial charge in [-0.15, -0.1) is 0 Å². The standard InChI is InChI=1S/C17H28N2/c1-3-15-5-4-14(2)10-18-12-16-6-8-17(9-7-16)13-19-11-15/h6-9,14-15,18-19H,3-5,10-13H2,1-2H3. The summed E-state index contributed by atoms with van der Waals surface area (Å²) in [7, 11) is 0. The van der Waals surface area contributed by atoms with Crippen LogP contribution in [0.1, 0.15) is 44.2 Å². The molecular formula is C17H28N2. The zero-order valence-corrected chi connectivity index (χ0v) is 12.4. The van der Waals surface area contributed by atoms with Crippen LogP contribution in [0.5, 0.6) is 0 Å². The average molecular weight is 260 g/mol. The highest BCUT2D eigenvalue weighted by molar-refractivity contribution is 5.22. The fourth-order valence-corrected chi connectivity index (χ4v) is 2.73. The molecule has 2 N–H and O–H groups in total. The van der Waals surface area contributed by atoms with Gasteiger partial charge in [-0.2, -0.15) is 0 Å². The predicted molar refractivity (Wildman–Crippen MR) is 82.0 cm³/mol. The Hall–Kier alpha value is -0.860. The number of hydrogen-bond donors (Lipinski definition) is 2. The van der Waals surface area contributed by atoms with Crippen molar-refractivity contribution in [3.05, 3.63) is 35.4 Å². The van der Waals surface area contributed by atoms with Gasteiger partial charge in [0.1, 0.15) is 0 Å². The van der Waals surface area contributed by atoms with E-state index < -0.39 is 0 Å². The second-order valence-electron chi connectivity index (χ2n) is 6.04. The Kier molecular flexibility index (Phi) is 5.87. The van der Waals surface area contributed by atoms with Crippen LogP contribution in [-0.4, -0.2) is 13.1 Å². The highest BCUT2D eigenvalue weighted by Crippen LogP contribution is 2.15. The van der Waals surface area contributed by atoms with Crippen LogP contribution >= 0.6 is 0 Å². The van der Waals surface area contributed by atoms with Crippen molar-refractivity contribution in [3.8, 4) is 0 Å². The molecule has 2 aliphatic heterocycles. The molecule has 3 rings (SSSR count). The molecule has 0 saturated carbocycles. The predicted octanol–water partition coefficient (Wildman–Crippen LogP) is 3.32. The summed E-state index contributed by atoms with van der Waals surface area (Å²) in [5.74, 6) is 1.60. The van der Waals surface area contributed by atoms with Gasteiger partial charge in [-0.25, -0.2) is 0 Å². The van der Waals surface area contributed by atoms with E-state index in [1.165, 1.54) is 30.4 Å². The van der Waals surface area contributed by atoms with E-state index in [1.807, 2.05) is 0 Å². The van der Waals surface area contributed by atoms with Crippen LogP contribution in [0, 0.1) is 11.8 Å². The van der Waals surface area contributed by atoms with Gasteiger partial charge in [0.05, 0.1) is 0 Å². The quantitative estimate of drug-likeness (QED) is 0.809. The first-order valence-electron chi connectivity index (χ1n) is 7.77. The second kappa shape index (κ2) is 7.66. The zero-order chi connectivity index (χ0) is 13.5. The largest absolute Gasteiger partial charge is 0.312 e. The zero-order valence-electron chi connectivity index (χ0n) is 12.4. The number of rotatable bonds is 1. The van der Waals surface area contributed by atoms with Crippen LogP contribution in [-0.2, 0) is 13.1 Å². The molecular weight excluding hydrogens is 232 g/mol. The minimum absolute atomic E-state index is 0.774. The second-order valence-corrected chi connectivity index (χ2v) is 6.04. The molecule has 0 spiro atoms. The summed E-state index contributed by atoms with van der Waals surface area (Å²) in [5.41, 5.74) is 2.78. The van der Waals surface area contributed by atoms with Gasteiger partial charge in [-0.05, 0) is 48.9 Å². The van der Waals surface area contributed by atoms with Gasteiger partial charge in [-0.3, -0.25) is 0 Å². The lowest BCUT2D eigenvalue weighted by Gasteiger charge is -2.20. The maximum atomic E-state index is 3.62. The molecule has 1 aromatic carbocycles. The third-order valence-corrected chi connectivity index (χ3v) is 4.25. The smallest absolute Gasteiger partial charge is 0.0205 e. The fraction of sp³-hybridized carbons (Fsp3) is 0.647. The lowest BCUT2D eigenvalue weighted by Crippen LogP contribution is -2.25. The lowest BCUT2D eigenvalue weighted by molar-refractivity contribution is 0.371. The van der Waals surface area contributed by atoms with Crippen LogP contribution in [0.15, 0.2) is 24.3 Å². The molecule has 0 saturated heterocycles. The summed E-state index contributed by atoms with van der Waals surface area (Å²) < 4.78 is 0. The minimum Gasteiger partial charge on any atom is -0.312 e. The Balaban J connectivity index is 1.99. The number of benzene rings is 1. The Morgan fingerprint density at radius 2 is 1.53 bits per heavy atom. The van der Waals surface area contributed by atoms with Crippen LogP contribution in [0.25, 0.3) is 0 Å². The van der Waals surface area contributed by atoms with E-state index in [0.717, 1.165) is 38.0 Å². The Labute approximate surface area is 118 Å². The van der Waals surface area contributed by atoms with E-state index in [1.54, 1.807) is 0 Å². The summed E-state index contributed by atoms with van der Waals surface area (Å²) in [6.45, 7) is 8.95. The Morgan fingerprint density at radius 1 is 0.947 bits per heavy atom. The van der Waals surface area contributed by atoms with Crippen LogP contribution in [0.3, 0.4) is 0 Å². The van der Waals surface area contributed by atoms with Gasteiger partial charge >= 0.3 is 0 Å². The van der Waals surface area contributed by atoms with Crippen molar-refractivity contribution in [2.45, 2.75) is 46.2 Å². The summed E-state index contributed by atoms with van der Waals surface area (Å²) in [6.07, 6.45) is 3.97. The Bertz CT molecular complexity index is 358. The van der Waals surface area contributed by atoms with E-state index in [4.69, 9.17) is 0 Å². The Morgan fingerprint density at radius 3 is 2.11 bits per heavy atom. The normalized spacial score (nSPS) is 26.0. The van der Waals surface area contributed by atoms with E-state index >= 15 is 0 Å². The third kappa shape index (κ3) is 4.96. The molecule has 2 heterocycles. The van der Waals surface area contributed by atoms with Gasteiger partial charge in [0.15, 0.2) is 0 Å². The van der Waals surface area contributed by atoms with Crippen molar-refractivity contribution in [3.63, 3.8) is 0 Å². The summed E-state index contributed by atoms with van der Waals surface area (Å²) >= 11 is 0. The van der Waals surface area contributed by atoms with E-state index in [9.17, 15) is 0 Å². The molecule has 2 bridgehead atoms. The molecule has 0 aliphatic carbocycles. The van der Waals surface area contributed by atoms with Crippen molar-refractivity contribution < 1.29 is 0 Å². The highest BCUT2D eigenvalue weighted by Gasteiger charge is 2.10. The van der Waals surface area contributed by atoms with Crippen molar-refractivity contribution >= 4 is 0 Å². The monoisotopic (exact) mass is 260 g/mol. The lowest BCUT2D eigenvalue weighted by atomic mass is 9.94. The molecule has 2 aliphatic rings. The fourth-order valence-electron chi connectivity index (χ4n) is 2.73. The first kappa shape index (κ1) is 14.5. The molecule has 1 aromatic rings. The van der Waals surface area contributed by atoms with Crippen molar-refractivity contribution in [2.24, 2.45) is 11.8 Å². The molecule has 2 atom stereocenters. The third-order valence-electron chi connectivity index (χ3n) is 4.25. The van der Waals surface area contributed by atoms with Crippen molar-refractivity contribution in [1.29, 1.82) is 0 Å². The molecule has 0 amide bonds. The van der Waals surface area contributed by atoms with Crippen molar-refractivity contribution in [2.75, 3.05) is 13.1 Å². The maximum absolute atomic E-state index is 3.62. The summed E-state index contributed by atoms with van der Waals surface area (Å²) in [6, 6.07) is 9.00. The maximum Gasteiger partial charge on any atom is 0.0205 e. The van der Waals surface area contributed by atoms with Crippen LogP contribution in [0.2, 0.25) is 0 Å². The topological polar surface area (TPSA) is 24.1 Å². The molecule has 19 heavy (non-hydrogen) atoms. The molecule has 2 nitrogen and oxygen atoms in total. The van der Waals surface area contributed by atoms with Gasteiger partial charge in [-0.1, -0.05) is 44.5 Å². The van der Waals surface area contributed by atoms with Crippen LogP contribution in [0.4, 0.5) is 0 Å². The van der Waals surface area contributed by atoms with Crippen LogP contribution < -0.4 is 10.6 Å². The number of fused-ring (bicyclic) bond motifs is 11. The summed E-state index contributed by atoms with van der Waals surface area (Å²) in [5, 5.41) is 7.20. The van der Waals surface area contributed by atoms with Gasteiger partial charge < -0.3 is 10.6 Å². The average Bonchev–Trinajstić information content (AvgIpc) is 2.44. The molecule has 0 fully saturated rings. The van der Waals surface area contributed by atoms with Crippen molar-refractivity contribution in [1.82, 2.24) is 10.6 Å². The van der Waals surface area contributed by atoms with Gasteiger partial charge in [0.25, 0.3) is 0 Å². The van der Waals surface area contributed by atoms with E-state index in [0.29, 0.717) is 0 Å².